The van der Waals surface area contributed by atoms with Crippen LogP contribution in [0.4, 0.5) is 0 Å². The van der Waals surface area contributed by atoms with Crippen molar-refractivity contribution in [2.24, 2.45) is 0 Å². The molecule has 3 nitrogen and oxygen atoms in total. The highest BCUT2D eigenvalue weighted by Crippen LogP contribution is 2.22. The number of rotatable bonds is 4. The van der Waals surface area contributed by atoms with Crippen LogP contribution in [0.1, 0.15) is 15.3 Å². The lowest BCUT2D eigenvalue weighted by molar-refractivity contribution is 0.602. The number of sulfone groups is 1. The van der Waals surface area contributed by atoms with Crippen molar-refractivity contribution < 1.29 is 8.42 Å². The Morgan fingerprint density at radius 2 is 1.95 bits per heavy atom. The summed E-state index contributed by atoms with van der Waals surface area (Å²) in [5.41, 5.74) is 0.654. The van der Waals surface area contributed by atoms with Crippen LogP contribution in [0.15, 0.2) is 45.8 Å². The topological polar surface area (TPSA) is 57.9 Å². The average Bonchev–Trinajstić information content (AvgIpc) is 2.84. The number of allylic oxidation sites excluding steroid dienone is 1. The van der Waals surface area contributed by atoms with E-state index in [4.69, 9.17) is 5.26 Å². The molecule has 0 atom stereocenters. The maximum Gasteiger partial charge on any atom is 0.192 e. The van der Waals surface area contributed by atoms with Crippen molar-refractivity contribution in [3.05, 3.63) is 61.1 Å². The first-order valence-corrected chi connectivity index (χ1v) is 9.32. The molecule has 0 spiro atoms. The summed E-state index contributed by atoms with van der Waals surface area (Å²) in [5, 5.41) is 9.15. The largest absolute Gasteiger partial charge is 0.223 e. The Hall–Kier alpha value is -1.42. The molecule has 0 N–H and O–H groups in total. The smallest absolute Gasteiger partial charge is 0.192 e. The highest BCUT2D eigenvalue weighted by atomic mass is 79.9. The first-order valence-electron chi connectivity index (χ1n) is 6.06. The Kier molecular flexibility index (Phi) is 4.99. The molecule has 1 aromatic heterocycles. The lowest BCUT2D eigenvalue weighted by Crippen LogP contribution is -2.06. The fourth-order valence-electron chi connectivity index (χ4n) is 1.73. The molecule has 0 bridgehead atoms. The molecule has 0 aliphatic carbocycles. The third kappa shape index (κ3) is 4.27. The molecule has 2 aromatic rings. The van der Waals surface area contributed by atoms with E-state index in [9.17, 15) is 8.42 Å². The maximum absolute atomic E-state index is 12.3. The van der Waals surface area contributed by atoms with Gasteiger partial charge in [-0.05, 0) is 42.8 Å². The summed E-state index contributed by atoms with van der Waals surface area (Å²) in [6.45, 7) is 1.93. The molecule has 0 saturated carbocycles. The Balaban J connectivity index is 2.30. The fourth-order valence-corrected chi connectivity index (χ4v) is 4.12. The minimum absolute atomic E-state index is 0.177. The lowest BCUT2D eigenvalue weighted by Gasteiger charge is -2.03. The third-order valence-corrected chi connectivity index (χ3v) is 5.82. The van der Waals surface area contributed by atoms with Gasteiger partial charge in [-0.1, -0.05) is 28.1 Å². The summed E-state index contributed by atoms with van der Waals surface area (Å²) < 4.78 is 25.5. The van der Waals surface area contributed by atoms with Crippen LogP contribution in [0, 0.1) is 18.3 Å². The van der Waals surface area contributed by atoms with Crippen LogP contribution in [0.3, 0.4) is 0 Å². The second-order valence-electron chi connectivity index (χ2n) is 4.45. The van der Waals surface area contributed by atoms with Gasteiger partial charge in [0.05, 0.1) is 5.75 Å². The molecular formula is C15H12BrNO2S2. The molecule has 108 valence electrons. The van der Waals surface area contributed by atoms with Gasteiger partial charge in [-0.2, -0.15) is 5.26 Å². The molecule has 0 radical (unpaired) electrons. The van der Waals surface area contributed by atoms with Crippen LogP contribution in [0.25, 0.3) is 6.08 Å². The van der Waals surface area contributed by atoms with Gasteiger partial charge in [-0.3, -0.25) is 0 Å². The zero-order valence-corrected chi connectivity index (χ0v) is 14.4. The first-order chi connectivity index (χ1) is 9.90. The first kappa shape index (κ1) is 16.0. The number of hydrogen-bond donors (Lipinski definition) is 0. The van der Waals surface area contributed by atoms with Gasteiger partial charge in [0.1, 0.15) is 11.0 Å². The highest BCUT2D eigenvalue weighted by molar-refractivity contribution is 9.10. The number of halogens is 1. The molecule has 0 aliphatic rings. The number of nitriles is 1. The van der Waals surface area contributed by atoms with Crippen molar-refractivity contribution >= 4 is 43.2 Å². The average molecular weight is 382 g/mol. The van der Waals surface area contributed by atoms with Crippen LogP contribution in [0.2, 0.25) is 0 Å². The predicted molar refractivity (Wildman–Crippen MR) is 89.4 cm³/mol. The van der Waals surface area contributed by atoms with E-state index in [-0.39, 0.29) is 10.7 Å². The Morgan fingerprint density at radius 1 is 1.29 bits per heavy atom. The molecule has 0 amide bonds. The summed E-state index contributed by atoms with van der Waals surface area (Å²) >= 11 is 4.76. The van der Waals surface area contributed by atoms with Crippen LogP contribution in [0.5, 0.6) is 0 Å². The molecule has 0 fully saturated rings. The number of benzene rings is 1. The van der Waals surface area contributed by atoms with Crippen molar-refractivity contribution in [3.63, 3.8) is 0 Å². The van der Waals surface area contributed by atoms with Gasteiger partial charge in [0.25, 0.3) is 0 Å². The van der Waals surface area contributed by atoms with Crippen molar-refractivity contribution in [3.8, 4) is 6.07 Å². The summed E-state index contributed by atoms with van der Waals surface area (Å²) in [6, 6.07) is 12.5. The van der Waals surface area contributed by atoms with E-state index >= 15 is 0 Å². The minimum atomic E-state index is -3.64. The number of nitrogens with zero attached hydrogens (tertiary/aromatic N) is 1. The van der Waals surface area contributed by atoms with Gasteiger partial charge in [0.2, 0.25) is 0 Å². The van der Waals surface area contributed by atoms with Crippen molar-refractivity contribution in [1.82, 2.24) is 0 Å². The summed E-state index contributed by atoms with van der Waals surface area (Å²) in [6.07, 6.45) is 1.44. The number of thiophene rings is 1. The van der Waals surface area contributed by atoms with Crippen molar-refractivity contribution in [2.45, 2.75) is 12.7 Å². The normalized spacial score (nSPS) is 12.1. The minimum Gasteiger partial charge on any atom is -0.223 e. The summed E-state index contributed by atoms with van der Waals surface area (Å²) in [5.74, 6) is -0.177. The fraction of sp³-hybridized carbons (Fsp3) is 0.133. The van der Waals surface area contributed by atoms with E-state index in [0.717, 1.165) is 14.2 Å². The molecule has 1 heterocycles. The Bertz CT molecular complexity index is 812. The van der Waals surface area contributed by atoms with Crippen molar-refractivity contribution in [2.75, 3.05) is 0 Å². The molecule has 2 rings (SSSR count). The van der Waals surface area contributed by atoms with Gasteiger partial charge >= 0.3 is 0 Å². The van der Waals surface area contributed by atoms with Gasteiger partial charge in [-0.25, -0.2) is 8.42 Å². The second kappa shape index (κ2) is 6.56. The zero-order valence-electron chi connectivity index (χ0n) is 11.2. The third-order valence-electron chi connectivity index (χ3n) is 2.75. The number of aryl methyl sites for hydroxylation is 1. The van der Waals surface area contributed by atoms with E-state index in [1.54, 1.807) is 30.3 Å². The van der Waals surface area contributed by atoms with Crippen LogP contribution in [-0.2, 0) is 15.6 Å². The summed E-state index contributed by atoms with van der Waals surface area (Å²) in [4.78, 5) is 1.64. The molecule has 0 aliphatic heterocycles. The zero-order chi connectivity index (χ0) is 15.5. The number of hydrogen-bond acceptors (Lipinski definition) is 4. The Morgan fingerprint density at radius 3 is 2.48 bits per heavy atom. The van der Waals surface area contributed by atoms with Gasteiger partial charge in [0.15, 0.2) is 9.84 Å². The molecular weight excluding hydrogens is 370 g/mol. The SMILES string of the molecule is Cc1ccc(/C=C(/C#N)S(=O)(=O)Cc2ccc(Br)cc2)s1. The molecule has 1 aromatic carbocycles. The predicted octanol–water partition coefficient (Wildman–Crippen LogP) is 4.30. The molecule has 21 heavy (non-hydrogen) atoms. The van der Waals surface area contributed by atoms with E-state index < -0.39 is 9.84 Å². The maximum atomic E-state index is 12.3. The van der Waals surface area contributed by atoms with E-state index in [1.165, 1.54) is 17.4 Å². The van der Waals surface area contributed by atoms with Crippen LogP contribution >= 0.6 is 27.3 Å². The second-order valence-corrected chi connectivity index (χ2v) is 8.65. The van der Waals surface area contributed by atoms with E-state index in [2.05, 4.69) is 15.9 Å². The van der Waals surface area contributed by atoms with Crippen molar-refractivity contribution in [1.29, 1.82) is 5.26 Å². The molecule has 6 heteroatoms. The molecule has 0 saturated heterocycles. The van der Waals surface area contributed by atoms with E-state index in [0.29, 0.717) is 5.56 Å². The standard InChI is InChI=1S/C15H12BrNO2S2/c1-11-2-7-14(20-11)8-15(9-17)21(18,19)10-12-3-5-13(16)6-4-12/h2-8H,10H2,1H3/b15-8-. The monoisotopic (exact) mass is 381 g/mol. The van der Waals surface area contributed by atoms with Gasteiger partial charge < -0.3 is 0 Å². The van der Waals surface area contributed by atoms with Crippen LogP contribution in [-0.4, -0.2) is 8.42 Å². The van der Waals surface area contributed by atoms with Gasteiger partial charge in [-0.15, -0.1) is 11.3 Å². The highest BCUT2D eigenvalue weighted by Gasteiger charge is 2.19. The van der Waals surface area contributed by atoms with Crippen LogP contribution < -0.4 is 0 Å². The Labute approximate surface area is 136 Å². The lowest BCUT2D eigenvalue weighted by atomic mass is 10.2. The summed E-state index contributed by atoms with van der Waals surface area (Å²) in [7, 11) is -3.64. The molecule has 0 unspecified atom stereocenters. The van der Waals surface area contributed by atoms with E-state index in [1.807, 2.05) is 19.1 Å². The van der Waals surface area contributed by atoms with Gasteiger partial charge in [0, 0.05) is 14.2 Å². The quantitative estimate of drug-likeness (QED) is 0.741.